The maximum absolute atomic E-state index is 12.0. The summed E-state index contributed by atoms with van der Waals surface area (Å²) in [6.45, 7) is 2.56. The zero-order valence-electron chi connectivity index (χ0n) is 17.4. The van der Waals surface area contributed by atoms with Crippen LogP contribution in [-0.2, 0) is 11.4 Å². The number of nitrogens with zero attached hydrogens (tertiary/aromatic N) is 1. The van der Waals surface area contributed by atoms with Crippen LogP contribution in [0, 0.1) is 0 Å². The largest absolute Gasteiger partial charge is 0.490 e. The third-order valence-electron chi connectivity index (χ3n) is 4.16. The van der Waals surface area contributed by atoms with Crippen LogP contribution >= 0.6 is 23.2 Å². The van der Waals surface area contributed by atoms with E-state index in [4.69, 9.17) is 37.4 Å². The Hall–Kier alpha value is -3.22. The van der Waals surface area contributed by atoms with Crippen molar-refractivity contribution in [3.63, 3.8) is 0 Å². The molecule has 1 amide bonds. The van der Waals surface area contributed by atoms with Crippen LogP contribution in [0.15, 0.2) is 71.8 Å². The summed E-state index contributed by atoms with van der Waals surface area (Å²) in [4.78, 5) is 12.0. The van der Waals surface area contributed by atoms with Gasteiger partial charge in [0.15, 0.2) is 18.1 Å². The molecule has 8 heteroatoms. The van der Waals surface area contributed by atoms with Crippen LogP contribution in [0.3, 0.4) is 0 Å². The van der Waals surface area contributed by atoms with Crippen molar-refractivity contribution in [1.82, 2.24) is 5.43 Å². The van der Waals surface area contributed by atoms with Crippen LogP contribution in [0.5, 0.6) is 17.2 Å². The first-order chi connectivity index (χ1) is 15.5. The minimum Gasteiger partial charge on any atom is -0.490 e. The van der Waals surface area contributed by atoms with Crippen molar-refractivity contribution in [2.24, 2.45) is 5.10 Å². The van der Waals surface area contributed by atoms with Crippen molar-refractivity contribution in [1.29, 1.82) is 0 Å². The number of amides is 1. The molecule has 0 aliphatic rings. The van der Waals surface area contributed by atoms with Gasteiger partial charge < -0.3 is 14.2 Å². The fourth-order valence-corrected chi connectivity index (χ4v) is 3.00. The Kier molecular flexibility index (Phi) is 8.78. The van der Waals surface area contributed by atoms with Gasteiger partial charge in [0, 0.05) is 11.1 Å². The Morgan fingerprint density at radius 2 is 1.75 bits per heavy atom. The van der Waals surface area contributed by atoms with Gasteiger partial charge in [-0.05, 0) is 48.4 Å². The molecule has 0 saturated carbocycles. The molecule has 0 saturated heterocycles. The molecular weight excluding hydrogens is 451 g/mol. The summed E-state index contributed by atoms with van der Waals surface area (Å²) in [7, 11) is 0. The highest BCUT2D eigenvalue weighted by Gasteiger charge is 2.08. The lowest BCUT2D eigenvalue weighted by atomic mass is 10.2. The Morgan fingerprint density at radius 3 is 2.53 bits per heavy atom. The van der Waals surface area contributed by atoms with Gasteiger partial charge in [-0.15, -0.1) is 0 Å². The molecule has 3 aromatic carbocycles. The minimum absolute atomic E-state index is 0.256. The minimum atomic E-state index is -0.440. The van der Waals surface area contributed by atoms with Crippen LogP contribution in [-0.4, -0.2) is 25.3 Å². The van der Waals surface area contributed by atoms with Crippen molar-refractivity contribution >= 4 is 35.3 Å². The molecule has 0 aliphatic carbocycles. The van der Waals surface area contributed by atoms with E-state index in [2.05, 4.69) is 10.5 Å². The van der Waals surface area contributed by atoms with E-state index in [1.807, 2.05) is 43.3 Å². The van der Waals surface area contributed by atoms with Crippen LogP contribution in [0.1, 0.15) is 18.1 Å². The summed E-state index contributed by atoms with van der Waals surface area (Å²) in [5.74, 6) is 1.11. The predicted molar refractivity (Wildman–Crippen MR) is 126 cm³/mol. The molecule has 0 atom stereocenters. The molecule has 3 rings (SSSR count). The first kappa shape index (κ1) is 23.4. The standard InChI is InChI=1S/C24H22Cl2N2O4/c1-2-30-23-12-18(8-11-21(23)31-15-17-6-4-3-5-7-17)14-27-28-24(29)16-32-22-13-19(25)9-10-20(22)26/h3-14H,2,15-16H2,1H3,(H,28,29)/b27-14-. The van der Waals surface area contributed by atoms with Gasteiger partial charge >= 0.3 is 0 Å². The molecular formula is C24H22Cl2N2O4. The summed E-state index contributed by atoms with van der Waals surface area (Å²) in [6.07, 6.45) is 1.51. The number of hydrogen-bond acceptors (Lipinski definition) is 5. The van der Waals surface area contributed by atoms with Gasteiger partial charge in [-0.3, -0.25) is 4.79 Å². The summed E-state index contributed by atoms with van der Waals surface area (Å²) in [5, 5.41) is 4.79. The number of rotatable bonds is 10. The lowest BCUT2D eigenvalue weighted by Gasteiger charge is -2.12. The number of halogens is 2. The number of carbonyl (C=O) groups is 1. The van der Waals surface area contributed by atoms with Gasteiger partial charge in [-0.25, -0.2) is 5.43 Å². The lowest BCUT2D eigenvalue weighted by molar-refractivity contribution is -0.123. The normalized spacial score (nSPS) is 10.7. The highest BCUT2D eigenvalue weighted by Crippen LogP contribution is 2.29. The van der Waals surface area contributed by atoms with E-state index in [9.17, 15) is 4.79 Å². The Bertz CT molecular complexity index is 1070. The molecule has 0 fully saturated rings. The molecule has 0 heterocycles. The van der Waals surface area contributed by atoms with Gasteiger partial charge in [0.1, 0.15) is 12.4 Å². The van der Waals surface area contributed by atoms with Gasteiger partial charge in [-0.2, -0.15) is 5.10 Å². The summed E-state index contributed by atoms with van der Waals surface area (Å²) >= 11 is 11.9. The van der Waals surface area contributed by atoms with Gasteiger partial charge in [0.05, 0.1) is 17.8 Å². The molecule has 32 heavy (non-hydrogen) atoms. The highest BCUT2D eigenvalue weighted by atomic mass is 35.5. The van der Waals surface area contributed by atoms with Crippen molar-refractivity contribution in [2.75, 3.05) is 13.2 Å². The third-order valence-corrected chi connectivity index (χ3v) is 4.71. The molecule has 0 unspecified atom stereocenters. The first-order valence-corrected chi connectivity index (χ1v) is 10.6. The second-order valence-corrected chi connectivity index (χ2v) is 7.41. The van der Waals surface area contributed by atoms with Crippen LogP contribution in [0.25, 0.3) is 0 Å². The summed E-state index contributed by atoms with van der Waals surface area (Å²) in [6, 6.07) is 20.1. The lowest BCUT2D eigenvalue weighted by Crippen LogP contribution is -2.24. The number of benzene rings is 3. The van der Waals surface area contributed by atoms with E-state index in [0.29, 0.717) is 40.5 Å². The van der Waals surface area contributed by atoms with Crippen molar-refractivity contribution in [3.8, 4) is 17.2 Å². The van der Waals surface area contributed by atoms with E-state index < -0.39 is 5.91 Å². The number of ether oxygens (including phenoxy) is 3. The van der Waals surface area contributed by atoms with Gasteiger partial charge in [0.25, 0.3) is 5.91 Å². The highest BCUT2D eigenvalue weighted by molar-refractivity contribution is 6.34. The second-order valence-electron chi connectivity index (χ2n) is 6.57. The first-order valence-electron chi connectivity index (χ1n) is 9.88. The van der Waals surface area contributed by atoms with E-state index in [1.54, 1.807) is 24.3 Å². The number of hydrazone groups is 1. The smallest absolute Gasteiger partial charge is 0.277 e. The number of carbonyl (C=O) groups excluding carboxylic acids is 1. The maximum atomic E-state index is 12.0. The average Bonchev–Trinajstić information content (AvgIpc) is 2.80. The fraction of sp³-hybridized carbons (Fsp3) is 0.167. The van der Waals surface area contributed by atoms with Crippen molar-refractivity contribution in [3.05, 3.63) is 87.9 Å². The second kappa shape index (κ2) is 12.0. The maximum Gasteiger partial charge on any atom is 0.277 e. The van der Waals surface area contributed by atoms with E-state index >= 15 is 0 Å². The van der Waals surface area contributed by atoms with E-state index in [0.717, 1.165) is 11.1 Å². The number of nitrogens with one attached hydrogen (secondary N) is 1. The summed E-state index contributed by atoms with van der Waals surface area (Å²) in [5.41, 5.74) is 4.20. The third kappa shape index (κ3) is 7.18. The molecule has 0 spiro atoms. The monoisotopic (exact) mass is 472 g/mol. The summed E-state index contributed by atoms with van der Waals surface area (Å²) < 4.78 is 16.9. The average molecular weight is 473 g/mol. The molecule has 0 bridgehead atoms. The quantitative estimate of drug-likeness (QED) is 0.312. The molecule has 3 aromatic rings. The van der Waals surface area contributed by atoms with Crippen molar-refractivity contribution in [2.45, 2.75) is 13.5 Å². The molecule has 166 valence electrons. The fourth-order valence-electron chi connectivity index (χ4n) is 2.67. The van der Waals surface area contributed by atoms with Crippen LogP contribution in [0.4, 0.5) is 0 Å². The van der Waals surface area contributed by atoms with Gasteiger partial charge in [0.2, 0.25) is 0 Å². The molecule has 0 radical (unpaired) electrons. The molecule has 1 N–H and O–H groups in total. The van der Waals surface area contributed by atoms with E-state index in [1.165, 1.54) is 12.3 Å². The van der Waals surface area contributed by atoms with Crippen molar-refractivity contribution < 1.29 is 19.0 Å². The predicted octanol–water partition coefficient (Wildman–Crippen LogP) is 5.50. The SMILES string of the molecule is CCOc1cc(/C=N\NC(=O)COc2cc(Cl)ccc2Cl)ccc1OCc1ccccc1. The Morgan fingerprint density at radius 1 is 0.938 bits per heavy atom. The molecule has 6 nitrogen and oxygen atoms in total. The van der Waals surface area contributed by atoms with E-state index in [-0.39, 0.29) is 6.61 Å². The Balaban J connectivity index is 1.55. The molecule has 0 aromatic heterocycles. The topological polar surface area (TPSA) is 69.2 Å². The zero-order chi connectivity index (χ0) is 22.8. The number of hydrogen-bond donors (Lipinski definition) is 1. The van der Waals surface area contributed by atoms with Gasteiger partial charge in [-0.1, -0.05) is 53.5 Å². The van der Waals surface area contributed by atoms with Crippen LogP contribution < -0.4 is 19.6 Å². The molecule has 0 aliphatic heterocycles. The Labute approximate surface area is 196 Å². The zero-order valence-corrected chi connectivity index (χ0v) is 18.9. The van der Waals surface area contributed by atoms with Crippen LogP contribution in [0.2, 0.25) is 10.0 Å².